The van der Waals surface area contributed by atoms with Crippen LogP contribution in [0.2, 0.25) is 0 Å². The Balaban J connectivity index is 1.23. The van der Waals surface area contributed by atoms with Crippen LogP contribution in [0.1, 0.15) is 65.3 Å². The summed E-state index contributed by atoms with van der Waals surface area (Å²) < 4.78 is 0. The number of urea groups is 1. The number of fused-ring (bicyclic) bond motifs is 4. The Hall–Kier alpha value is -4.65. The summed E-state index contributed by atoms with van der Waals surface area (Å²) in [6.07, 6.45) is 8.12. The number of hydrogen-bond donors (Lipinski definition) is 2. The van der Waals surface area contributed by atoms with E-state index >= 15 is 0 Å². The van der Waals surface area contributed by atoms with E-state index in [1.165, 1.54) is 23.3 Å². The molecule has 1 saturated heterocycles. The third-order valence-corrected chi connectivity index (χ3v) is 8.67. The predicted molar refractivity (Wildman–Crippen MR) is 159 cm³/mol. The molecule has 3 aliphatic rings. The molecule has 2 atom stereocenters. The van der Waals surface area contributed by atoms with Crippen LogP contribution in [-0.2, 0) is 11.2 Å². The third kappa shape index (κ3) is 4.32. The average Bonchev–Trinajstić information content (AvgIpc) is 3.51. The first-order valence-electron chi connectivity index (χ1n) is 14.5. The second-order valence-electron chi connectivity index (χ2n) is 11.1. The molecule has 2 N–H and O–H groups in total. The minimum atomic E-state index is -0.672. The van der Waals surface area contributed by atoms with Crippen LogP contribution in [0.4, 0.5) is 10.5 Å². The fraction of sp³-hybridized carbons (Fsp3) is 0.265. The molecule has 0 spiro atoms. The first-order valence-corrected chi connectivity index (χ1v) is 14.5. The third-order valence-electron chi connectivity index (χ3n) is 8.67. The lowest BCUT2D eigenvalue weighted by Crippen LogP contribution is -2.44. The highest BCUT2D eigenvalue weighted by molar-refractivity contribution is 6.24. The molecule has 2 aliphatic heterocycles. The van der Waals surface area contributed by atoms with Gasteiger partial charge >= 0.3 is 6.03 Å². The maximum absolute atomic E-state index is 14.2. The van der Waals surface area contributed by atoms with E-state index in [2.05, 4.69) is 22.4 Å². The molecule has 0 bridgehead atoms. The summed E-state index contributed by atoms with van der Waals surface area (Å²) in [5, 5.41) is 4.08. The first-order chi connectivity index (χ1) is 20.1. The minimum absolute atomic E-state index is 0.279. The van der Waals surface area contributed by atoms with Crippen LogP contribution >= 0.6 is 0 Å². The Morgan fingerprint density at radius 3 is 2.54 bits per heavy atom. The molecule has 7 heteroatoms. The van der Waals surface area contributed by atoms with Crippen LogP contribution in [0, 0.1) is 0 Å². The van der Waals surface area contributed by atoms with Gasteiger partial charge in [0.2, 0.25) is 0 Å². The number of nitrogens with zero attached hydrogens (tertiary/aromatic N) is 2. The summed E-state index contributed by atoms with van der Waals surface area (Å²) in [5.41, 5.74) is 5.94. The van der Waals surface area contributed by atoms with Crippen molar-refractivity contribution in [2.75, 3.05) is 11.4 Å². The van der Waals surface area contributed by atoms with Gasteiger partial charge in [0.05, 0.1) is 11.3 Å². The van der Waals surface area contributed by atoms with E-state index in [0.29, 0.717) is 24.2 Å². The number of para-hydroxylation sites is 2. The number of carbonyl (C=O) groups excluding carboxylic acids is 3. The van der Waals surface area contributed by atoms with Crippen molar-refractivity contribution in [2.24, 2.45) is 0 Å². The van der Waals surface area contributed by atoms with Crippen molar-refractivity contribution in [2.45, 2.75) is 50.6 Å². The molecule has 7 rings (SSSR count). The maximum Gasteiger partial charge on any atom is 0.332 e. The van der Waals surface area contributed by atoms with Crippen molar-refractivity contribution >= 4 is 34.4 Å². The van der Waals surface area contributed by atoms with Crippen LogP contribution in [0.15, 0.2) is 90.5 Å². The van der Waals surface area contributed by atoms with Gasteiger partial charge in [0.25, 0.3) is 11.8 Å². The number of anilines is 1. The van der Waals surface area contributed by atoms with Crippen LogP contribution in [-0.4, -0.2) is 40.3 Å². The molecule has 41 heavy (non-hydrogen) atoms. The molecule has 1 aliphatic carbocycles. The molecule has 1 aromatic heterocycles. The molecule has 7 nitrogen and oxygen atoms in total. The fourth-order valence-electron chi connectivity index (χ4n) is 6.70. The van der Waals surface area contributed by atoms with Crippen molar-refractivity contribution in [1.29, 1.82) is 0 Å². The lowest BCUT2D eigenvalue weighted by atomic mass is 9.89. The predicted octanol–water partition coefficient (Wildman–Crippen LogP) is 6.27. The maximum atomic E-state index is 14.2. The van der Waals surface area contributed by atoms with Gasteiger partial charge in [-0.05, 0) is 61.4 Å². The number of amides is 4. The van der Waals surface area contributed by atoms with Crippen LogP contribution in [0.3, 0.4) is 0 Å². The molecule has 0 radical (unpaired) electrons. The zero-order chi connectivity index (χ0) is 27.9. The lowest BCUT2D eigenvalue weighted by molar-refractivity contribution is -0.120. The van der Waals surface area contributed by atoms with E-state index < -0.39 is 18.1 Å². The van der Waals surface area contributed by atoms with Gasteiger partial charge in [-0.3, -0.25) is 14.5 Å². The highest BCUT2D eigenvalue weighted by atomic mass is 16.2. The number of nitrogens with one attached hydrogen (secondary N) is 2. The van der Waals surface area contributed by atoms with E-state index in [1.54, 1.807) is 29.2 Å². The number of H-pyrrole nitrogens is 1. The zero-order valence-electron chi connectivity index (χ0n) is 22.8. The van der Waals surface area contributed by atoms with E-state index in [9.17, 15) is 14.4 Å². The molecule has 4 aromatic rings. The van der Waals surface area contributed by atoms with Crippen molar-refractivity contribution < 1.29 is 14.4 Å². The highest BCUT2D eigenvalue weighted by Gasteiger charge is 2.53. The number of allylic oxidation sites excluding steroid dienone is 1. The number of benzene rings is 3. The summed E-state index contributed by atoms with van der Waals surface area (Å²) in [5.74, 6) is -0.585. The van der Waals surface area contributed by atoms with Crippen molar-refractivity contribution in [3.05, 3.63) is 113 Å². The summed E-state index contributed by atoms with van der Waals surface area (Å²) in [6.45, 7) is 0.521. The lowest BCUT2D eigenvalue weighted by Gasteiger charge is -2.36. The number of imide groups is 1. The molecule has 3 aromatic carbocycles. The smallest absolute Gasteiger partial charge is 0.332 e. The Kier molecular flexibility index (Phi) is 6.42. The normalized spacial score (nSPS) is 20.1. The van der Waals surface area contributed by atoms with Gasteiger partial charge in [-0.2, -0.15) is 0 Å². The molecule has 4 amide bonds. The van der Waals surface area contributed by atoms with E-state index in [-0.39, 0.29) is 11.8 Å². The van der Waals surface area contributed by atoms with Gasteiger partial charge in [0.15, 0.2) is 0 Å². The monoisotopic (exact) mass is 544 g/mol. The van der Waals surface area contributed by atoms with Crippen molar-refractivity contribution in [3.63, 3.8) is 0 Å². The van der Waals surface area contributed by atoms with Crippen LogP contribution < -0.4 is 10.2 Å². The molecule has 1 unspecified atom stereocenters. The Morgan fingerprint density at radius 2 is 1.71 bits per heavy atom. The molecular weight excluding hydrogens is 512 g/mol. The topological polar surface area (TPSA) is 85.5 Å². The number of rotatable bonds is 6. The Bertz CT molecular complexity index is 1690. The Morgan fingerprint density at radius 1 is 0.927 bits per heavy atom. The molecular formula is C34H32N4O3. The van der Waals surface area contributed by atoms with Gasteiger partial charge in [-0.15, -0.1) is 0 Å². The van der Waals surface area contributed by atoms with Crippen LogP contribution in [0.5, 0.6) is 0 Å². The minimum Gasteiger partial charge on any atom is -0.356 e. The van der Waals surface area contributed by atoms with Gasteiger partial charge in [-0.25, -0.2) is 9.69 Å². The number of aromatic amines is 1. The van der Waals surface area contributed by atoms with Gasteiger partial charge in [0.1, 0.15) is 12.1 Å². The zero-order valence-corrected chi connectivity index (χ0v) is 22.8. The second kappa shape index (κ2) is 10.4. The standard InChI is InChI=1S/C34H32N4O3/c39-32(35-20-19-22-11-3-1-4-12-22)25-16-8-10-18-28(25)38-33(40)29-21-26-24-15-7-9-17-27(24)36-30(26)31(37(29)34(38)41)23-13-5-2-6-14-23/h2,5-11,13-18,29,31,36H,1,3-4,12,19-21H2,(H,35,39)/t29-,31?/m0/s1. The summed E-state index contributed by atoms with van der Waals surface area (Å²) in [7, 11) is 0. The van der Waals surface area contributed by atoms with Crippen molar-refractivity contribution in [3.8, 4) is 0 Å². The quantitative estimate of drug-likeness (QED) is 0.222. The number of hydrogen-bond acceptors (Lipinski definition) is 3. The number of carbonyl (C=O) groups is 3. The summed E-state index contributed by atoms with van der Waals surface area (Å²) >= 11 is 0. The molecule has 206 valence electrons. The SMILES string of the molecule is O=C(NCCC1=CCCCC1)c1ccccc1N1C(=O)[C@@H]2Cc3c([nH]c4ccccc34)C(c3ccccc3)N2C1=O. The van der Waals surface area contributed by atoms with Gasteiger partial charge in [0, 0.05) is 29.6 Å². The average molecular weight is 545 g/mol. The van der Waals surface area contributed by atoms with Crippen molar-refractivity contribution in [1.82, 2.24) is 15.2 Å². The van der Waals surface area contributed by atoms with E-state index in [1.807, 2.05) is 48.5 Å². The molecule has 3 heterocycles. The van der Waals surface area contributed by atoms with E-state index in [4.69, 9.17) is 0 Å². The van der Waals surface area contributed by atoms with Gasteiger partial charge < -0.3 is 10.3 Å². The summed E-state index contributed by atoms with van der Waals surface area (Å²) in [6, 6.07) is 23.3. The fourth-order valence-corrected chi connectivity index (χ4v) is 6.70. The largest absolute Gasteiger partial charge is 0.356 e. The van der Waals surface area contributed by atoms with Gasteiger partial charge in [-0.1, -0.05) is 72.3 Å². The van der Waals surface area contributed by atoms with Crippen LogP contribution in [0.25, 0.3) is 10.9 Å². The summed E-state index contributed by atoms with van der Waals surface area (Å²) in [4.78, 5) is 48.2. The molecule has 1 fully saturated rings. The molecule has 0 saturated carbocycles. The highest BCUT2D eigenvalue weighted by Crippen LogP contribution is 2.45. The second-order valence-corrected chi connectivity index (χ2v) is 11.1. The number of aromatic nitrogens is 1. The van der Waals surface area contributed by atoms with E-state index in [0.717, 1.165) is 47.0 Å². The first kappa shape index (κ1) is 25.3. The Labute approximate surface area is 238 Å².